The van der Waals surface area contributed by atoms with Crippen LogP contribution < -0.4 is 10.2 Å². The van der Waals surface area contributed by atoms with Gasteiger partial charge in [0, 0.05) is 37.1 Å². The summed E-state index contributed by atoms with van der Waals surface area (Å²) in [6, 6.07) is 11.1. The Balaban J connectivity index is 1.47. The summed E-state index contributed by atoms with van der Waals surface area (Å²) in [5, 5.41) is 13.1. The Bertz CT molecular complexity index is 1160. The number of pyridine rings is 1. The monoisotopic (exact) mass is 420 g/mol. The van der Waals surface area contributed by atoms with Gasteiger partial charge < -0.3 is 10.2 Å². The molecule has 4 rings (SSSR count). The molecule has 2 aromatic carbocycles. The van der Waals surface area contributed by atoms with Crippen LogP contribution in [0.5, 0.6) is 0 Å². The number of rotatable bonds is 4. The van der Waals surface area contributed by atoms with Gasteiger partial charge in [-0.15, -0.1) is 0 Å². The predicted molar refractivity (Wildman–Crippen MR) is 114 cm³/mol. The molecule has 1 saturated heterocycles. The third-order valence-corrected chi connectivity index (χ3v) is 5.78. The molecule has 1 aliphatic heterocycles. The molecule has 7 heteroatoms. The molecule has 2 heterocycles. The Hall–Kier alpha value is -3.53. The maximum absolute atomic E-state index is 14.1. The van der Waals surface area contributed by atoms with E-state index in [4.69, 9.17) is 0 Å². The number of fused-ring (bicyclic) bond motifs is 1. The van der Waals surface area contributed by atoms with Gasteiger partial charge in [-0.3, -0.25) is 9.78 Å². The smallest absolute Gasteiger partial charge is 0.223 e. The Morgan fingerprint density at radius 1 is 1.19 bits per heavy atom. The zero-order valence-corrected chi connectivity index (χ0v) is 17.2. The van der Waals surface area contributed by atoms with Crippen molar-refractivity contribution in [3.05, 3.63) is 70.9 Å². The standard InChI is InChI=1S/C24H22F2N4O/c1-15-10-20(26)11-21-22(15)28-14-18(12-27)23(21)30-8-6-17(7-9-30)24(31)29-13-16-2-4-19(25)5-3-16/h2-5,10-11,14,17H,6-9,13H2,1H3,(H,29,31). The molecule has 158 valence electrons. The van der Waals surface area contributed by atoms with Gasteiger partial charge in [-0.2, -0.15) is 5.26 Å². The van der Waals surface area contributed by atoms with E-state index in [9.17, 15) is 18.8 Å². The summed E-state index contributed by atoms with van der Waals surface area (Å²) in [5.74, 6) is -0.851. The first-order chi connectivity index (χ1) is 15.0. The van der Waals surface area contributed by atoms with Crippen molar-refractivity contribution in [1.82, 2.24) is 10.3 Å². The van der Waals surface area contributed by atoms with Crippen molar-refractivity contribution in [1.29, 1.82) is 5.26 Å². The molecule has 1 aliphatic rings. The minimum absolute atomic E-state index is 0.0362. The van der Waals surface area contributed by atoms with Crippen molar-refractivity contribution >= 4 is 22.5 Å². The second kappa shape index (κ2) is 8.68. The summed E-state index contributed by atoms with van der Waals surface area (Å²) in [4.78, 5) is 19.0. The Kier molecular flexibility index (Phi) is 5.81. The van der Waals surface area contributed by atoms with Gasteiger partial charge in [0.15, 0.2) is 0 Å². The number of hydrogen-bond acceptors (Lipinski definition) is 4. The van der Waals surface area contributed by atoms with Crippen LogP contribution >= 0.6 is 0 Å². The lowest BCUT2D eigenvalue weighted by atomic mass is 9.94. The van der Waals surface area contributed by atoms with Gasteiger partial charge in [0.1, 0.15) is 17.7 Å². The van der Waals surface area contributed by atoms with Crippen LogP contribution in [0.2, 0.25) is 0 Å². The second-order valence-corrected chi connectivity index (χ2v) is 7.86. The molecule has 0 radical (unpaired) electrons. The van der Waals surface area contributed by atoms with E-state index in [1.54, 1.807) is 19.1 Å². The SMILES string of the molecule is Cc1cc(F)cc2c(N3CCC(C(=O)NCc4ccc(F)cc4)CC3)c(C#N)cnc12. The van der Waals surface area contributed by atoms with Gasteiger partial charge in [0.05, 0.1) is 16.8 Å². The topological polar surface area (TPSA) is 69.0 Å². The number of hydrogen-bond donors (Lipinski definition) is 1. The van der Waals surface area contributed by atoms with Crippen LogP contribution in [0.4, 0.5) is 14.5 Å². The van der Waals surface area contributed by atoms with Crippen LogP contribution in [0.3, 0.4) is 0 Å². The molecule has 31 heavy (non-hydrogen) atoms. The van der Waals surface area contributed by atoms with Crippen molar-refractivity contribution in [3.8, 4) is 6.07 Å². The number of halogens is 2. The number of carbonyl (C=O) groups excluding carboxylic acids is 1. The fourth-order valence-electron chi connectivity index (χ4n) is 4.15. The van der Waals surface area contributed by atoms with Gasteiger partial charge in [-0.1, -0.05) is 12.1 Å². The fraction of sp³-hybridized carbons (Fsp3) is 0.292. The number of nitrogens with one attached hydrogen (secondary N) is 1. The Morgan fingerprint density at radius 2 is 1.90 bits per heavy atom. The van der Waals surface area contributed by atoms with E-state index < -0.39 is 0 Å². The van der Waals surface area contributed by atoms with Crippen molar-refractivity contribution in [2.75, 3.05) is 18.0 Å². The largest absolute Gasteiger partial charge is 0.370 e. The number of benzene rings is 2. The Labute approximate surface area is 179 Å². The van der Waals surface area contributed by atoms with Crippen molar-refractivity contribution < 1.29 is 13.6 Å². The second-order valence-electron chi connectivity index (χ2n) is 7.86. The highest BCUT2D eigenvalue weighted by Crippen LogP contribution is 2.34. The lowest BCUT2D eigenvalue weighted by Gasteiger charge is -2.34. The number of anilines is 1. The zero-order chi connectivity index (χ0) is 22.0. The van der Waals surface area contributed by atoms with Crippen molar-refractivity contribution in [2.45, 2.75) is 26.3 Å². The number of amides is 1. The fourth-order valence-corrected chi connectivity index (χ4v) is 4.15. The molecule has 1 N–H and O–H groups in total. The molecule has 0 atom stereocenters. The highest BCUT2D eigenvalue weighted by atomic mass is 19.1. The van der Waals surface area contributed by atoms with E-state index in [2.05, 4.69) is 16.4 Å². The van der Waals surface area contributed by atoms with E-state index in [0.717, 1.165) is 11.1 Å². The number of piperidine rings is 1. The molecular formula is C24H22F2N4O. The van der Waals surface area contributed by atoms with Gasteiger partial charge in [0.25, 0.3) is 0 Å². The third-order valence-electron chi connectivity index (χ3n) is 5.78. The van der Waals surface area contributed by atoms with E-state index >= 15 is 0 Å². The van der Waals surface area contributed by atoms with E-state index in [1.807, 2.05) is 4.90 Å². The average Bonchev–Trinajstić information content (AvgIpc) is 2.77. The van der Waals surface area contributed by atoms with E-state index in [1.165, 1.54) is 30.5 Å². The van der Waals surface area contributed by atoms with Crippen LogP contribution in [0, 0.1) is 35.8 Å². The van der Waals surface area contributed by atoms with Gasteiger partial charge in [0.2, 0.25) is 5.91 Å². The summed E-state index contributed by atoms with van der Waals surface area (Å²) >= 11 is 0. The quantitative estimate of drug-likeness (QED) is 0.686. The van der Waals surface area contributed by atoms with Gasteiger partial charge in [-0.25, -0.2) is 8.78 Å². The number of nitrogens with zero attached hydrogens (tertiary/aromatic N) is 3. The maximum Gasteiger partial charge on any atom is 0.223 e. The number of nitriles is 1. The van der Waals surface area contributed by atoms with E-state index in [0.29, 0.717) is 54.6 Å². The first kappa shape index (κ1) is 20.7. The summed E-state index contributed by atoms with van der Waals surface area (Å²) in [6.07, 6.45) is 2.78. The summed E-state index contributed by atoms with van der Waals surface area (Å²) in [5.41, 5.74) is 3.31. The molecular weight excluding hydrogens is 398 g/mol. The summed E-state index contributed by atoms with van der Waals surface area (Å²) in [6.45, 7) is 3.31. The molecule has 0 unspecified atom stereocenters. The number of aromatic nitrogens is 1. The molecule has 1 amide bonds. The van der Waals surface area contributed by atoms with Crippen molar-refractivity contribution in [3.63, 3.8) is 0 Å². The first-order valence-corrected chi connectivity index (χ1v) is 10.2. The average molecular weight is 420 g/mol. The minimum atomic E-state index is -0.363. The van der Waals surface area contributed by atoms with Crippen LogP contribution in [-0.4, -0.2) is 24.0 Å². The van der Waals surface area contributed by atoms with Crippen molar-refractivity contribution in [2.24, 2.45) is 5.92 Å². The molecule has 0 aliphatic carbocycles. The lowest BCUT2D eigenvalue weighted by molar-refractivity contribution is -0.125. The Morgan fingerprint density at radius 3 is 2.58 bits per heavy atom. The first-order valence-electron chi connectivity index (χ1n) is 10.2. The van der Waals surface area contributed by atoms with E-state index in [-0.39, 0.29) is 23.5 Å². The maximum atomic E-state index is 14.1. The van der Waals surface area contributed by atoms with Crippen LogP contribution in [-0.2, 0) is 11.3 Å². The third kappa shape index (κ3) is 4.33. The number of aryl methyl sites for hydroxylation is 1. The van der Waals surface area contributed by atoms with Gasteiger partial charge in [-0.05, 0) is 55.2 Å². The molecule has 1 aromatic heterocycles. The highest BCUT2D eigenvalue weighted by Gasteiger charge is 2.27. The molecule has 5 nitrogen and oxygen atoms in total. The molecule has 0 saturated carbocycles. The van der Waals surface area contributed by atoms with Crippen LogP contribution in [0.25, 0.3) is 10.9 Å². The predicted octanol–water partition coefficient (Wildman–Crippen LogP) is 4.23. The highest BCUT2D eigenvalue weighted by molar-refractivity contribution is 5.96. The normalized spacial score (nSPS) is 14.5. The lowest BCUT2D eigenvalue weighted by Crippen LogP contribution is -2.40. The molecule has 0 spiro atoms. The summed E-state index contributed by atoms with van der Waals surface area (Å²) < 4.78 is 27.1. The number of carbonyl (C=O) groups is 1. The van der Waals surface area contributed by atoms with Crippen LogP contribution in [0.1, 0.15) is 29.5 Å². The van der Waals surface area contributed by atoms with Gasteiger partial charge >= 0.3 is 0 Å². The molecule has 1 fully saturated rings. The zero-order valence-electron chi connectivity index (χ0n) is 17.2. The molecule has 3 aromatic rings. The van der Waals surface area contributed by atoms with Crippen LogP contribution in [0.15, 0.2) is 42.6 Å². The summed E-state index contributed by atoms with van der Waals surface area (Å²) in [7, 11) is 0. The molecule has 0 bridgehead atoms. The minimum Gasteiger partial charge on any atom is -0.370 e.